The highest BCUT2D eigenvalue weighted by atomic mass is 19.1. The monoisotopic (exact) mass is 364 g/mol. The maximum atomic E-state index is 13.3. The lowest BCUT2D eigenvalue weighted by Gasteiger charge is -2.39. The SMILES string of the molecule is Cc1cc(C)n(Cc2cccc(C(=O)N3CC(c4cccc(F)n4)C3)c2)n1. The maximum Gasteiger partial charge on any atom is 0.253 e. The molecule has 1 aromatic carbocycles. The fraction of sp³-hybridized carbons (Fsp3) is 0.286. The lowest BCUT2D eigenvalue weighted by atomic mass is 9.94. The van der Waals surface area contributed by atoms with E-state index >= 15 is 0 Å². The first kappa shape index (κ1) is 17.4. The van der Waals surface area contributed by atoms with Crippen molar-refractivity contribution in [2.45, 2.75) is 26.3 Å². The zero-order chi connectivity index (χ0) is 19.0. The second-order valence-corrected chi connectivity index (χ2v) is 7.08. The maximum absolute atomic E-state index is 13.3. The number of amides is 1. The summed E-state index contributed by atoms with van der Waals surface area (Å²) in [4.78, 5) is 18.5. The molecule has 0 spiro atoms. The van der Waals surface area contributed by atoms with Crippen LogP contribution in [-0.4, -0.2) is 38.7 Å². The molecule has 0 bridgehead atoms. The van der Waals surface area contributed by atoms with Gasteiger partial charge in [-0.15, -0.1) is 0 Å². The van der Waals surface area contributed by atoms with Gasteiger partial charge in [-0.1, -0.05) is 18.2 Å². The second-order valence-electron chi connectivity index (χ2n) is 7.08. The summed E-state index contributed by atoms with van der Waals surface area (Å²) >= 11 is 0. The van der Waals surface area contributed by atoms with Crippen LogP contribution in [0, 0.1) is 19.8 Å². The molecule has 1 saturated heterocycles. The molecule has 1 amide bonds. The molecule has 1 aliphatic rings. The van der Waals surface area contributed by atoms with Crippen molar-refractivity contribution in [2.75, 3.05) is 13.1 Å². The summed E-state index contributed by atoms with van der Waals surface area (Å²) in [6.07, 6.45) is 0. The highest BCUT2D eigenvalue weighted by Gasteiger charge is 2.33. The van der Waals surface area contributed by atoms with E-state index in [9.17, 15) is 9.18 Å². The number of rotatable bonds is 4. The molecule has 6 heteroatoms. The number of likely N-dealkylation sites (tertiary alicyclic amines) is 1. The van der Waals surface area contributed by atoms with E-state index in [0.29, 0.717) is 30.9 Å². The van der Waals surface area contributed by atoms with Crippen molar-refractivity contribution in [2.24, 2.45) is 0 Å². The summed E-state index contributed by atoms with van der Waals surface area (Å²) in [6, 6.07) is 14.5. The topological polar surface area (TPSA) is 51.0 Å². The smallest absolute Gasteiger partial charge is 0.253 e. The fourth-order valence-corrected chi connectivity index (χ4v) is 3.48. The molecule has 0 aliphatic carbocycles. The third-order valence-corrected chi connectivity index (χ3v) is 4.93. The van der Waals surface area contributed by atoms with E-state index < -0.39 is 5.95 Å². The number of nitrogens with zero attached hydrogens (tertiary/aromatic N) is 4. The Balaban J connectivity index is 1.43. The van der Waals surface area contributed by atoms with Crippen molar-refractivity contribution in [3.8, 4) is 0 Å². The van der Waals surface area contributed by atoms with Gasteiger partial charge in [0, 0.05) is 30.3 Å². The number of halogens is 1. The van der Waals surface area contributed by atoms with Crippen molar-refractivity contribution in [1.29, 1.82) is 0 Å². The Morgan fingerprint density at radius 1 is 1.15 bits per heavy atom. The van der Waals surface area contributed by atoms with Crippen molar-refractivity contribution in [3.05, 3.63) is 82.7 Å². The molecule has 0 saturated carbocycles. The Morgan fingerprint density at radius 2 is 1.93 bits per heavy atom. The summed E-state index contributed by atoms with van der Waals surface area (Å²) in [5.41, 5.74) is 4.49. The third kappa shape index (κ3) is 3.60. The molecule has 0 atom stereocenters. The van der Waals surface area contributed by atoms with Crippen LogP contribution >= 0.6 is 0 Å². The van der Waals surface area contributed by atoms with Gasteiger partial charge >= 0.3 is 0 Å². The van der Waals surface area contributed by atoms with Crippen LogP contribution in [0.25, 0.3) is 0 Å². The van der Waals surface area contributed by atoms with Gasteiger partial charge in [0.1, 0.15) is 0 Å². The van der Waals surface area contributed by atoms with Crippen molar-refractivity contribution >= 4 is 5.91 Å². The molecule has 27 heavy (non-hydrogen) atoms. The van der Waals surface area contributed by atoms with Crippen molar-refractivity contribution in [3.63, 3.8) is 0 Å². The normalized spacial score (nSPS) is 14.3. The Kier molecular flexibility index (Phi) is 4.48. The highest BCUT2D eigenvalue weighted by molar-refractivity contribution is 5.95. The minimum absolute atomic E-state index is 0.00197. The Morgan fingerprint density at radius 3 is 2.63 bits per heavy atom. The van der Waals surface area contributed by atoms with E-state index in [-0.39, 0.29) is 11.8 Å². The van der Waals surface area contributed by atoms with Crippen LogP contribution < -0.4 is 0 Å². The number of pyridine rings is 1. The van der Waals surface area contributed by atoms with Gasteiger partial charge in [-0.2, -0.15) is 9.49 Å². The van der Waals surface area contributed by atoms with Crippen LogP contribution in [0.4, 0.5) is 4.39 Å². The fourth-order valence-electron chi connectivity index (χ4n) is 3.48. The molecular formula is C21H21FN4O. The predicted octanol–water partition coefficient (Wildman–Crippen LogP) is 3.32. The van der Waals surface area contributed by atoms with Crippen LogP contribution in [0.2, 0.25) is 0 Å². The molecule has 0 radical (unpaired) electrons. The number of hydrogen-bond acceptors (Lipinski definition) is 3. The first-order valence-corrected chi connectivity index (χ1v) is 9.01. The summed E-state index contributed by atoms with van der Waals surface area (Å²) < 4.78 is 15.2. The lowest BCUT2D eigenvalue weighted by molar-refractivity contribution is 0.0598. The molecule has 1 aliphatic heterocycles. The van der Waals surface area contributed by atoms with Gasteiger partial charge in [-0.05, 0) is 49.7 Å². The summed E-state index contributed by atoms with van der Waals surface area (Å²) in [5.74, 6) is -0.380. The molecule has 4 rings (SSSR count). The minimum atomic E-state index is -0.478. The van der Waals surface area contributed by atoms with E-state index in [1.165, 1.54) is 6.07 Å². The number of aromatic nitrogens is 3. The van der Waals surface area contributed by atoms with Crippen LogP contribution in [0.3, 0.4) is 0 Å². The first-order valence-electron chi connectivity index (χ1n) is 9.01. The van der Waals surface area contributed by atoms with Gasteiger partial charge < -0.3 is 4.90 Å². The quantitative estimate of drug-likeness (QED) is 0.668. The predicted molar refractivity (Wildman–Crippen MR) is 100 cm³/mol. The molecule has 1 fully saturated rings. The van der Waals surface area contributed by atoms with E-state index in [0.717, 1.165) is 17.0 Å². The Hall–Kier alpha value is -3.02. The van der Waals surface area contributed by atoms with Crippen LogP contribution in [0.15, 0.2) is 48.5 Å². The first-order chi connectivity index (χ1) is 13.0. The molecule has 3 aromatic rings. The number of carbonyl (C=O) groups is 1. The second kappa shape index (κ2) is 6.95. The number of benzene rings is 1. The average Bonchev–Trinajstić information content (AvgIpc) is 2.91. The molecule has 0 N–H and O–H groups in total. The molecule has 2 aromatic heterocycles. The minimum Gasteiger partial charge on any atom is -0.337 e. The summed E-state index contributed by atoms with van der Waals surface area (Å²) in [5, 5.41) is 4.48. The summed E-state index contributed by atoms with van der Waals surface area (Å²) in [7, 11) is 0. The number of aryl methyl sites for hydroxylation is 2. The zero-order valence-electron chi connectivity index (χ0n) is 15.4. The molecule has 138 valence electrons. The third-order valence-electron chi connectivity index (χ3n) is 4.93. The molecule has 3 heterocycles. The average molecular weight is 364 g/mol. The van der Waals surface area contributed by atoms with Crippen LogP contribution in [0.1, 0.15) is 38.9 Å². The van der Waals surface area contributed by atoms with Gasteiger partial charge in [0.05, 0.1) is 17.9 Å². The van der Waals surface area contributed by atoms with Crippen LogP contribution in [-0.2, 0) is 6.54 Å². The molecule has 0 unspecified atom stereocenters. The van der Waals surface area contributed by atoms with E-state index in [2.05, 4.69) is 10.1 Å². The lowest BCUT2D eigenvalue weighted by Crippen LogP contribution is -2.48. The number of carbonyl (C=O) groups excluding carboxylic acids is 1. The van der Waals surface area contributed by atoms with Gasteiger partial charge in [0.15, 0.2) is 0 Å². The molecular weight excluding hydrogens is 343 g/mol. The summed E-state index contributed by atoms with van der Waals surface area (Å²) in [6.45, 7) is 5.76. The van der Waals surface area contributed by atoms with E-state index in [1.54, 1.807) is 11.0 Å². The number of hydrogen-bond donors (Lipinski definition) is 0. The Bertz CT molecular complexity index is 991. The van der Waals surface area contributed by atoms with Crippen molar-refractivity contribution < 1.29 is 9.18 Å². The van der Waals surface area contributed by atoms with E-state index in [4.69, 9.17) is 0 Å². The standard InChI is InChI=1S/C21H21FN4O/c1-14-9-15(2)26(24-14)11-16-5-3-6-17(10-16)21(27)25-12-18(13-25)19-7-4-8-20(22)23-19/h3-10,18H,11-13H2,1-2H3. The Labute approximate surface area is 157 Å². The van der Waals surface area contributed by atoms with Crippen LogP contribution in [0.5, 0.6) is 0 Å². The zero-order valence-corrected chi connectivity index (χ0v) is 15.4. The van der Waals surface area contributed by atoms with E-state index in [1.807, 2.05) is 54.9 Å². The highest BCUT2D eigenvalue weighted by Crippen LogP contribution is 2.27. The van der Waals surface area contributed by atoms with Gasteiger partial charge in [0.25, 0.3) is 5.91 Å². The molecule has 5 nitrogen and oxygen atoms in total. The van der Waals surface area contributed by atoms with Gasteiger partial charge in [-0.25, -0.2) is 4.98 Å². The van der Waals surface area contributed by atoms with Crippen molar-refractivity contribution in [1.82, 2.24) is 19.7 Å². The van der Waals surface area contributed by atoms with Gasteiger partial charge in [0.2, 0.25) is 5.95 Å². The largest absolute Gasteiger partial charge is 0.337 e. The van der Waals surface area contributed by atoms with Gasteiger partial charge in [-0.3, -0.25) is 9.48 Å².